The first kappa shape index (κ1) is 20.9. The molecule has 0 saturated carbocycles. The van der Waals surface area contributed by atoms with Crippen LogP contribution in [0.2, 0.25) is 0 Å². The van der Waals surface area contributed by atoms with Gasteiger partial charge in [0.2, 0.25) is 10.0 Å². The van der Waals surface area contributed by atoms with E-state index in [4.69, 9.17) is 9.88 Å². The molecule has 0 unspecified atom stereocenters. The summed E-state index contributed by atoms with van der Waals surface area (Å²) in [5.41, 5.74) is 1.43. The summed E-state index contributed by atoms with van der Waals surface area (Å²) < 4.78 is 69.3. The summed E-state index contributed by atoms with van der Waals surface area (Å²) in [5, 5.41) is 8.78. The van der Waals surface area contributed by atoms with Crippen molar-refractivity contribution in [2.75, 3.05) is 7.11 Å². The molecule has 154 valence electrons. The highest BCUT2D eigenvalue weighted by molar-refractivity contribution is 7.89. The van der Waals surface area contributed by atoms with E-state index in [1.165, 1.54) is 31.4 Å². The van der Waals surface area contributed by atoms with Crippen molar-refractivity contribution < 1.29 is 26.3 Å². The van der Waals surface area contributed by atoms with Gasteiger partial charge in [0.05, 0.1) is 23.4 Å². The molecule has 3 rings (SSSR count). The van der Waals surface area contributed by atoms with Gasteiger partial charge < -0.3 is 4.74 Å². The fourth-order valence-corrected chi connectivity index (χ4v) is 3.63. The van der Waals surface area contributed by atoms with Gasteiger partial charge in [-0.25, -0.2) is 18.2 Å². The van der Waals surface area contributed by atoms with Crippen LogP contribution in [0.3, 0.4) is 0 Å². The van der Waals surface area contributed by atoms with E-state index >= 15 is 0 Å². The zero-order valence-electron chi connectivity index (χ0n) is 15.8. The summed E-state index contributed by atoms with van der Waals surface area (Å²) in [6, 6.07) is 9.49. The fraction of sp³-hybridized carbons (Fsp3) is 0.211. The minimum Gasteiger partial charge on any atom is -0.496 e. The number of benzene rings is 2. The van der Waals surface area contributed by atoms with Crippen LogP contribution in [0.1, 0.15) is 16.8 Å². The Bertz CT molecular complexity index is 1140. The van der Waals surface area contributed by atoms with Gasteiger partial charge in [-0.3, -0.25) is 0 Å². The van der Waals surface area contributed by atoms with Crippen molar-refractivity contribution in [3.05, 3.63) is 59.3 Å². The standard InChI is InChI=1S/C19H18F3N3O3S/c1-11-8-13(9-12(2)18(11)28-3)16-10-17(19(20,21)22)24-25(16)14-4-6-15(7-5-14)29(23,26)27/h4-10H,1-3H3,(H2,23,26,27). The quantitative estimate of drug-likeness (QED) is 0.688. The van der Waals surface area contributed by atoms with E-state index in [0.717, 1.165) is 21.9 Å². The Kier molecular flexibility index (Phi) is 5.18. The molecular weight excluding hydrogens is 407 g/mol. The summed E-state index contributed by atoms with van der Waals surface area (Å²) in [4.78, 5) is -0.151. The average Bonchev–Trinajstić information content (AvgIpc) is 3.06. The molecule has 10 heteroatoms. The van der Waals surface area contributed by atoms with E-state index in [0.29, 0.717) is 11.3 Å². The second-order valence-electron chi connectivity index (χ2n) is 6.51. The van der Waals surface area contributed by atoms with E-state index in [-0.39, 0.29) is 16.3 Å². The zero-order valence-corrected chi connectivity index (χ0v) is 16.6. The van der Waals surface area contributed by atoms with Gasteiger partial charge in [-0.1, -0.05) is 0 Å². The van der Waals surface area contributed by atoms with Crippen LogP contribution in [0.5, 0.6) is 5.75 Å². The van der Waals surface area contributed by atoms with Crippen molar-refractivity contribution in [2.45, 2.75) is 24.9 Å². The lowest BCUT2D eigenvalue weighted by Crippen LogP contribution is -2.12. The molecule has 0 amide bonds. The molecule has 0 bridgehead atoms. The van der Waals surface area contributed by atoms with E-state index in [1.54, 1.807) is 26.0 Å². The number of sulfonamides is 1. The zero-order chi connectivity index (χ0) is 21.6. The number of methoxy groups -OCH3 is 1. The molecule has 0 saturated heterocycles. The average molecular weight is 425 g/mol. The van der Waals surface area contributed by atoms with Crippen LogP contribution in [-0.4, -0.2) is 25.3 Å². The number of primary sulfonamides is 1. The monoisotopic (exact) mass is 425 g/mol. The van der Waals surface area contributed by atoms with E-state index in [1.807, 2.05) is 0 Å². The lowest BCUT2D eigenvalue weighted by molar-refractivity contribution is -0.141. The minimum absolute atomic E-state index is 0.151. The number of hydrogen-bond acceptors (Lipinski definition) is 4. The normalized spacial score (nSPS) is 12.2. The Labute approximate surface area is 165 Å². The van der Waals surface area contributed by atoms with Gasteiger partial charge in [0.15, 0.2) is 5.69 Å². The summed E-state index contributed by atoms with van der Waals surface area (Å²) in [6.07, 6.45) is -4.64. The van der Waals surface area contributed by atoms with Gasteiger partial charge in [-0.15, -0.1) is 0 Å². The lowest BCUT2D eigenvalue weighted by Gasteiger charge is -2.13. The maximum Gasteiger partial charge on any atom is 0.435 e. The number of nitrogens with two attached hydrogens (primary N) is 1. The molecule has 29 heavy (non-hydrogen) atoms. The molecule has 0 aliphatic heterocycles. The van der Waals surface area contributed by atoms with Crippen molar-refractivity contribution in [1.82, 2.24) is 9.78 Å². The minimum atomic E-state index is -4.64. The largest absolute Gasteiger partial charge is 0.496 e. The number of aryl methyl sites for hydroxylation is 2. The van der Waals surface area contributed by atoms with Crippen LogP contribution in [0, 0.1) is 13.8 Å². The summed E-state index contributed by atoms with van der Waals surface area (Å²) >= 11 is 0. The SMILES string of the molecule is COc1c(C)cc(-c2cc(C(F)(F)F)nn2-c2ccc(S(N)(=O)=O)cc2)cc1C. The van der Waals surface area contributed by atoms with Crippen LogP contribution < -0.4 is 9.88 Å². The predicted molar refractivity (Wildman–Crippen MR) is 101 cm³/mol. The molecule has 1 heterocycles. The Morgan fingerprint density at radius 2 is 1.59 bits per heavy atom. The van der Waals surface area contributed by atoms with Crippen LogP contribution in [-0.2, 0) is 16.2 Å². The van der Waals surface area contributed by atoms with Crippen LogP contribution in [0.25, 0.3) is 16.9 Å². The molecule has 0 atom stereocenters. The number of rotatable bonds is 4. The molecule has 0 fully saturated rings. The molecule has 2 N–H and O–H groups in total. The number of aromatic nitrogens is 2. The van der Waals surface area contributed by atoms with Crippen molar-refractivity contribution in [2.24, 2.45) is 5.14 Å². The van der Waals surface area contributed by atoms with E-state index in [2.05, 4.69) is 5.10 Å². The Hall–Kier alpha value is -2.85. The summed E-state index contributed by atoms with van der Waals surface area (Å²) in [6.45, 7) is 3.59. The van der Waals surface area contributed by atoms with Crippen molar-refractivity contribution in [1.29, 1.82) is 0 Å². The van der Waals surface area contributed by atoms with Gasteiger partial charge in [-0.05, 0) is 67.4 Å². The topological polar surface area (TPSA) is 87.2 Å². The number of nitrogens with zero attached hydrogens (tertiary/aromatic N) is 2. The van der Waals surface area contributed by atoms with Gasteiger partial charge in [0.1, 0.15) is 5.75 Å². The molecule has 3 aromatic rings. The van der Waals surface area contributed by atoms with Gasteiger partial charge in [-0.2, -0.15) is 18.3 Å². The van der Waals surface area contributed by atoms with Crippen LogP contribution in [0.4, 0.5) is 13.2 Å². The molecule has 2 aromatic carbocycles. The molecule has 0 aliphatic rings. The third kappa shape index (κ3) is 4.13. The highest BCUT2D eigenvalue weighted by Crippen LogP contribution is 2.35. The van der Waals surface area contributed by atoms with Crippen molar-refractivity contribution >= 4 is 10.0 Å². The highest BCUT2D eigenvalue weighted by atomic mass is 32.2. The predicted octanol–water partition coefficient (Wildman–Crippen LogP) is 3.83. The number of hydrogen-bond donors (Lipinski definition) is 1. The first-order valence-corrected chi connectivity index (χ1v) is 9.92. The molecule has 1 aromatic heterocycles. The summed E-state index contributed by atoms with van der Waals surface area (Å²) in [7, 11) is -2.40. The molecule has 0 aliphatic carbocycles. The van der Waals surface area contributed by atoms with Gasteiger partial charge in [0.25, 0.3) is 0 Å². The Morgan fingerprint density at radius 3 is 2.03 bits per heavy atom. The second-order valence-corrected chi connectivity index (χ2v) is 8.07. The Morgan fingerprint density at radius 1 is 1.03 bits per heavy atom. The second kappa shape index (κ2) is 7.20. The number of ether oxygens (including phenoxy) is 1. The van der Waals surface area contributed by atoms with E-state index in [9.17, 15) is 21.6 Å². The smallest absolute Gasteiger partial charge is 0.435 e. The highest BCUT2D eigenvalue weighted by Gasteiger charge is 2.35. The summed E-state index contributed by atoms with van der Waals surface area (Å²) in [5.74, 6) is 0.647. The fourth-order valence-electron chi connectivity index (χ4n) is 3.12. The van der Waals surface area contributed by atoms with Crippen LogP contribution >= 0.6 is 0 Å². The molecule has 0 radical (unpaired) electrons. The van der Waals surface area contributed by atoms with Crippen molar-refractivity contribution in [3.8, 4) is 22.7 Å². The molecular formula is C19H18F3N3O3S. The first-order valence-electron chi connectivity index (χ1n) is 8.38. The van der Waals surface area contributed by atoms with Gasteiger partial charge >= 0.3 is 6.18 Å². The third-order valence-corrected chi connectivity index (χ3v) is 5.30. The van der Waals surface area contributed by atoms with E-state index < -0.39 is 21.9 Å². The number of halogens is 3. The van der Waals surface area contributed by atoms with Crippen LogP contribution in [0.15, 0.2) is 47.4 Å². The lowest BCUT2D eigenvalue weighted by atomic mass is 10.0. The maximum atomic E-state index is 13.3. The Balaban J connectivity index is 2.22. The van der Waals surface area contributed by atoms with Gasteiger partial charge in [0, 0.05) is 5.56 Å². The third-order valence-electron chi connectivity index (χ3n) is 4.37. The molecule has 0 spiro atoms. The molecule has 6 nitrogen and oxygen atoms in total. The maximum absolute atomic E-state index is 13.3. The van der Waals surface area contributed by atoms with Crippen molar-refractivity contribution in [3.63, 3.8) is 0 Å². The first-order chi connectivity index (χ1) is 13.4. The number of alkyl halides is 3.